The fourth-order valence-electron chi connectivity index (χ4n) is 2.88. The molecule has 1 aliphatic heterocycles. The van der Waals surface area contributed by atoms with Crippen molar-refractivity contribution in [3.05, 3.63) is 17.6 Å². The van der Waals surface area contributed by atoms with Gasteiger partial charge in [-0.3, -0.25) is 9.88 Å². The Morgan fingerprint density at radius 3 is 2.80 bits per heavy atom. The van der Waals surface area contributed by atoms with Gasteiger partial charge in [0.2, 0.25) is 0 Å². The third-order valence-electron chi connectivity index (χ3n) is 3.93. The van der Waals surface area contributed by atoms with Gasteiger partial charge in [0.25, 0.3) is 0 Å². The molecule has 0 radical (unpaired) electrons. The van der Waals surface area contributed by atoms with Gasteiger partial charge in [-0.2, -0.15) is 0 Å². The van der Waals surface area contributed by atoms with Crippen LogP contribution in [0.25, 0.3) is 0 Å². The summed E-state index contributed by atoms with van der Waals surface area (Å²) in [7, 11) is 0. The molecule has 1 aromatic rings. The number of aliphatic hydroxyl groups is 1. The maximum absolute atomic E-state index is 9.60. The second kappa shape index (κ2) is 6.50. The first-order chi connectivity index (χ1) is 9.51. The Labute approximate surface area is 121 Å². The highest BCUT2D eigenvalue weighted by Gasteiger charge is 2.27. The van der Waals surface area contributed by atoms with Gasteiger partial charge in [0.05, 0.1) is 17.5 Å². The smallest absolute Gasteiger partial charge is 0.150 e. The second-order valence-electron chi connectivity index (χ2n) is 5.77. The lowest BCUT2D eigenvalue weighted by molar-refractivity contribution is 0.0884. The number of rotatable bonds is 4. The van der Waals surface area contributed by atoms with Crippen molar-refractivity contribution >= 4 is 5.82 Å². The van der Waals surface area contributed by atoms with Crippen molar-refractivity contribution in [3.8, 4) is 0 Å². The topological polar surface area (TPSA) is 52.5 Å². The van der Waals surface area contributed by atoms with Gasteiger partial charge in [0, 0.05) is 38.4 Å². The molecule has 0 aliphatic carbocycles. The van der Waals surface area contributed by atoms with Gasteiger partial charge in [0.15, 0.2) is 0 Å². The molecule has 0 amide bonds. The van der Waals surface area contributed by atoms with E-state index in [-0.39, 0.29) is 6.10 Å². The van der Waals surface area contributed by atoms with Crippen LogP contribution >= 0.6 is 0 Å². The van der Waals surface area contributed by atoms with Gasteiger partial charge in [-0.25, -0.2) is 4.98 Å². The van der Waals surface area contributed by atoms with Crippen molar-refractivity contribution < 1.29 is 5.11 Å². The Bertz CT molecular complexity index is 449. The van der Waals surface area contributed by atoms with E-state index in [1.165, 1.54) is 0 Å². The first-order valence-electron chi connectivity index (χ1n) is 7.48. The summed E-state index contributed by atoms with van der Waals surface area (Å²) in [5.41, 5.74) is 1.96. The number of aliphatic hydroxyl groups excluding tert-OH is 1. The Morgan fingerprint density at radius 1 is 1.40 bits per heavy atom. The summed E-state index contributed by atoms with van der Waals surface area (Å²) in [6.45, 7) is 11.7. The van der Waals surface area contributed by atoms with Crippen LogP contribution in [0.15, 0.2) is 6.20 Å². The van der Waals surface area contributed by atoms with Gasteiger partial charge >= 0.3 is 0 Å². The minimum atomic E-state index is -0.268. The van der Waals surface area contributed by atoms with E-state index in [2.05, 4.69) is 26.7 Å². The standard InChI is InChI=1S/C15H26N4O/c1-5-14-10-19(7-6-18(14)9-12(3)20)15-13(4)16-8-11(2)17-15/h8,12,14,20H,5-7,9-10H2,1-4H3. The van der Waals surface area contributed by atoms with Crippen molar-refractivity contribution in [2.45, 2.75) is 46.3 Å². The molecule has 1 aromatic heterocycles. The summed E-state index contributed by atoms with van der Waals surface area (Å²) >= 11 is 0. The van der Waals surface area contributed by atoms with Crippen molar-refractivity contribution in [1.82, 2.24) is 14.9 Å². The highest BCUT2D eigenvalue weighted by Crippen LogP contribution is 2.21. The molecule has 1 fully saturated rings. The molecular formula is C15H26N4O. The first-order valence-corrected chi connectivity index (χ1v) is 7.48. The van der Waals surface area contributed by atoms with Crippen LogP contribution in [0.1, 0.15) is 31.7 Å². The molecule has 20 heavy (non-hydrogen) atoms. The SMILES string of the molecule is CCC1CN(c2nc(C)cnc2C)CCN1CC(C)O. The van der Waals surface area contributed by atoms with Crippen LogP contribution in [0.5, 0.6) is 0 Å². The Balaban J connectivity index is 2.11. The van der Waals surface area contributed by atoms with Gasteiger partial charge < -0.3 is 10.0 Å². The minimum absolute atomic E-state index is 0.268. The number of nitrogens with zero attached hydrogens (tertiary/aromatic N) is 4. The average molecular weight is 278 g/mol. The predicted octanol–water partition coefficient (Wildman–Crippen LogP) is 1.37. The van der Waals surface area contributed by atoms with Gasteiger partial charge in [-0.15, -0.1) is 0 Å². The lowest BCUT2D eigenvalue weighted by atomic mass is 10.1. The molecule has 5 heteroatoms. The number of aryl methyl sites for hydroxylation is 2. The molecule has 1 aliphatic rings. The normalized spacial score (nSPS) is 22.1. The second-order valence-corrected chi connectivity index (χ2v) is 5.77. The predicted molar refractivity (Wildman–Crippen MR) is 81.1 cm³/mol. The minimum Gasteiger partial charge on any atom is -0.392 e. The Hall–Kier alpha value is -1.20. The molecule has 5 nitrogen and oxygen atoms in total. The maximum atomic E-state index is 9.60. The molecule has 2 rings (SSSR count). The molecule has 0 saturated carbocycles. The van der Waals surface area contributed by atoms with E-state index in [4.69, 9.17) is 0 Å². The Kier molecular flexibility index (Phi) is 4.94. The molecule has 0 spiro atoms. The van der Waals surface area contributed by atoms with Gasteiger partial charge in [-0.1, -0.05) is 6.92 Å². The third-order valence-corrected chi connectivity index (χ3v) is 3.93. The number of anilines is 1. The molecule has 1 N–H and O–H groups in total. The summed E-state index contributed by atoms with van der Waals surface area (Å²) in [4.78, 5) is 13.8. The zero-order chi connectivity index (χ0) is 14.7. The molecule has 0 bridgehead atoms. The lowest BCUT2D eigenvalue weighted by Gasteiger charge is -2.42. The summed E-state index contributed by atoms with van der Waals surface area (Å²) in [6, 6.07) is 0.472. The first kappa shape index (κ1) is 15.2. The van der Waals surface area contributed by atoms with Crippen LogP contribution in [0.4, 0.5) is 5.82 Å². The zero-order valence-electron chi connectivity index (χ0n) is 13.0. The van der Waals surface area contributed by atoms with Crippen LogP contribution in [0.2, 0.25) is 0 Å². The number of hydrogen-bond donors (Lipinski definition) is 1. The van der Waals surface area contributed by atoms with E-state index in [0.29, 0.717) is 6.04 Å². The molecule has 112 valence electrons. The maximum Gasteiger partial charge on any atom is 0.150 e. The average Bonchev–Trinajstić information content (AvgIpc) is 2.41. The summed E-state index contributed by atoms with van der Waals surface area (Å²) in [5, 5.41) is 9.60. The highest BCUT2D eigenvalue weighted by molar-refractivity contribution is 5.44. The van der Waals surface area contributed by atoms with Crippen molar-refractivity contribution in [2.75, 3.05) is 31.1 Å². The van der Waals surface area contributed by atoms with E-state index in [0.717, 1.165) is 49.8 Å². The highest BCUT2D eigenvalue weighted by atomic mass is 16.3. The summed E-state index contributed by atoms with van der Waals surface area (Å²) in [5.74, 6) is 1.01. The van der Waals surface area contributed by atoms with Crippen LogP contribution in [0, 0.1) is 13.8 Å². The quantitative estimate of drug-likeness (QED) is 0.901. The number of β-amino-alcohol motifs (C(OH)–C–C–N with tert-alkyl or cyclic N) is 1. The monoisotopic (exact) mass is 278 g/mol. The number of aromatic nitrogens is 2. The van der Waals surface area contributed by atoms with Crippen LogP contribution < -0.4 is 4.90 Å². The lowest BCUT2D eigenvalue weighted by Crippen LogP contribution is -2.54. The van der Waals surface area contributed by atoms with E-state index >= 15 is 0 Å². The molecule has 2 atom stereocenters. The molecule has 1 saturated heterocycles. The van der Waals surface area contributed by atoms with E-state index in [1.54, 1.807) is 0 Å². The zero-order valence-corrected chi connectivity index (χ0v) is 13.0. The molecule has 2 unspecified atom stereocenters. The fraction of sp³-hybridized carbons (Fsp3) is 0.733. The van der Waals surface area contributed by atoms with Gasteiger partial charge in [-0.05, 0) is 27.2 Å². The molecule has 2 heterocycles. The van der Waals surface area contributed by atoms with E-state index < -0.39 is 0 Å². The van der Waals surface area contributed by atoms with E-state index in [9.17, 15) is 5.11 Å². The largest absolute Gasteiger partial charge is 0.392 e. The molecular weight excluding hydrogens is 252 g/mol. The van der Waals surface area contributed by atoms with Gasteiger partial charge in [0.1, 0.15) is 5.82 Å². The van der Waals surface area contributed by atoms with Crippen molar-refractivity contribution in [1.29, 1.82) is 0 Å². The fourth-order valence-corrected chi connectivity index (χ4v) is 2.88. The molecule has 0 aromatic carbocycles. The number of hydrogen-bond acceptors (Lipinski definition) is 5. The third kappa shape index (κ3) is 3.46. The van der Waals surface area contributed by atoms with Crippen LogP contribution in [-0.2, 0) is 0 Å². The number of piperazine rings is 1. The summed E-state index contributed by atoms with van der Waals surface area (Å²) < 4.78 is 0. The van der Waals surface area contributed by atoms with Crippen LogP contribution in [0.3, 0.4) is 0 Å². The summed E-state index contributed by atoms with van der Waals surface area (Å²) in [6.07, 6.45) is 2.64. The Morgan fingerprint density at radius 2 is 2.15 bits per heavy atom. The van der Waals surface area contributed by atoms with Crippen molar-refractivity contribution in [3.63, 3.8) is 0 Å². The van der Waals surface area contributed by atoms with Crippen molar-refractivity contribution in [2.24, 2.45) is 0 Å². The van der Waals surface area contributed by atoms with Crippen LogP contribution in [-0.4, -0.2) is 58.3 Å². The van der Waals surface area contributed by atoms with E-state index in [1.807, 2.05) is 27.0 Å².